The molecule has 2 aromatic rings. The predicted molar refractivity (Wildman–Crippen MR) is 120 cm³/mol. The van der Waals surface area contributed by atoms with Gasteiger partial charge < -0.3 is 20.1 Å². The maximum Gasteiger partial charge on any atom is 0.225 e. The molecule has 2 aromatic carbocycles. The van der Waals surface area contributed by atoms with Crippen molar-refractivity contribution in [2.75, 3.05) is 30.6 Å². The smallest absolute Gasteiger partial charge is 0.225 e. The second kappa shape index (κ2) is 9.61. The average Bonchev–Trinajstić information content (AvgIpc) is 2.87. The Morgan fingerprint density at radius 2 is 1.84 bits per heavy atom. The highest BCUT2D eigenvalue weighted by Crippen LogP contribution is 2.36. The van der Waals surface area contributed by atoms with Gasteiger partial charge in [0.15, 0.2) is 9.84 Å². The minimum absolute atomic E-state index is 0.0672. The highest BCUT2D eigenvalue weighted by molar-refractivity contribution is 8.00. The van der Waals surface area contributed by atoms with Gasteiger partial charge in [-0.15, -0.1) is 11.8 Å². The summed E-state index contributed by atoms with van der Waals surface area (Å²) in [5.41, 5.74) is 0.922. The number of sulfone groups is 1. The highest BCUT2D eigenvalue weighted by atomic mass is 32.2. The van der Waals surface area contributed by atoms with Gasteiger partial charge >= 0.3 is 0 Å². The third-order valence-corrected chi connectivity index (χ3v) is 7.51. The molecule has 0 bridgehead atoms. The molecule has 166 valence electrons. The summed E-state index contributed by atoms with van der Waals surface area (Å²) in [6.45, 7) is 1.94. The van der Waals surface area contributed by atoms with Crippen LogP contribution in [0, 0.1) is 0 Å². The van der Waals surface area contributed by atoms with Crippen molar-refractivity contribution in [2.24, 2.45) is 0 Å². The number of carbonyl (C=O) groups excluding carboxylic acids is 2. The Morgan fingerprint density at radius 1 is 1.16 bits per heavy atom. The van der Waals surface area contributed by atoms with E-state index in [1.807, 2.05) is 6.92 Å². The maximum atomic E-state index is 12.8. The molecule has 0 fully saturated rings. The molecule has 0 saturated carbocycles. The number of carbonyl (C=O) groups is 2. The zero-order chi connectivity index (χ0) is 22.6. The minimum Gasteiger partial charge on any atom is -0.497 e. The van der Waals surface area contributed by atoms with Crippen molar-refractivity contribution in [3.8, 4) is 11.5 Å². The van der Waals surface area contributed by atoms with E-state index < -0.39 is 15.7 Å². The molecule has 1 aliphatic heterocycles. The van der Waals surface area contributed by atoms with Crippen molar-refractivity contribution in [2.45, 2.75) is 34.8 Å². The number of fused-ring (bicyclic) bond motifs is 1. The lowest BCUT2D eigenvalue weighted by Crippen LogP contribution is -2.18. The van der Waals surface area contributed by atoms with Gasteiger partial charge in [-0.3, -0.25) is 9.59 Å². The van der Waals surface area contributed by atoms with E-state index in [-0.39, 0.29) is 28.2 Å². The summed E-state index contributed by atoms with van der Waals surface area (Å²) in [4.78, 5) is 25.2. The summed E-state index contributed by atoms with van der Waals surface area (Å²) in [6, 6.07) is 9.55. The van der Waals surface area contributed by atoms with Crippen LogP contribution in [0.1, 0.15) is 19.8 Å². The molecule has 8 nitrogen and oxygen atoms in total. The van der Waals surface area contributed by atoms with Crippen LogP contribution in [-0.4, -0.2) is 45.5 Å². The Balaban J connectivity index is 1.69. The molecular weight excluding hydrogens is 440 g/mol. The van der Waals surface area contributed by atoms with Crippen LogP contribution in [0.25, 0.3) is 0 Å². The Hall–Kier alpha value is -2.72. The maximum absolute atomic E-state index is 12.8. The second-order valence-electron chi connectivity index (χ2n) is 7.06. The Bertz CT molecular complexity index is 1080. The number of methoxy groups -OCH3 is 2. The lowest BCUT2D eigenvalue weighted by molar-refractivity contribution is -0.116. The highest BCUT2D eigenvalue weighted by Gasteiger charge is 2.23. The number of benzene rings is 2. The Labute approximate surface area is 185 Å². The molecule has 0 radical (unpaired) electrons. The molecule has 0 spiro atoms. The van der Waals surface area contributed by atoms with Crippen LogP contribution in [0.2, 0.25) is 0 Å². The van der Waals surface area contributed by atoms with Crippen molar-refractivity contribution in [3.05, 3.63) is 36.4 Å². The fourth-order valence-corrected chi connectivity index (χ4v) is 5.39. The zero-order valence-corrected chi connectivity index (χ0v) is 19.1. The fourth-order valence-electron chi connectivity index (χ4n) is 3.07. The van der Waals surface area contributed by atoms with Gasteiger partial charge in [-0.05, 0) is 18.2 Å². The summed E-state index contributed by atoms with van der Waals surface area (Å²) in [7, 11) is -0.730. The van der Waals surface area contributed by atoms with Gasteiger partial charge in [0.1, 0.15) is 11.5 Å². The number of nitrogens with one attached hydrogen (secondary N) is 2. The quantitative estimate of drug-likeness (QED) is 0.647. The summed E-state index contributed by atoms with van der Waals surface area (Å²) < 4.78 is 35.9. The minimum atomic E-state index is -3.72. The molecular formula is C21H24N2O6S2. The average molecular weight is 465 g/mol. The molecule has 10 heteroatoms. The molecule has 31 heavy (non-hydrogen) atoms. The number of rotatable bonds is 7. The van der Waals surface area contributed by atoms with E-state index in [9.17, 15) is 18.0 Å². The largest absolute Gasteiger partial charge is 0.497 e. The van der Waals surface area contributed by atoms with Gasteiger partial charge in [0.05, 0.1) is 30.6 Å². The van der Waals surface area contributed by atoms with Crippen LogP contribution in [0.15, 0.2) is 46.2 Å². The number of hydrogen-bond acceptors (Lipinski definition) is 7. The summed E-state index contributed by atoms with van der Waals surface area (Å²) >= 11 is 1.52. The van der Waals surface area contributed by atoms with Crippen molar-refractivity contribution >= 4 is 44.8 Å². The van der Waals surface area contributed by atoms with Crippen molar-refractivity contribution < 1.29 is 27.5 Å². The molecule has 0 aromatic heterocycles. The molecule has 0 aliphatic carbocycles. The van der Waals surface area contributed by atoms with Crippen molar-refractivity contribution in [1.82, 2.24) is 0 Å². The van der Waals surface area contributed by atoms with E-state index in [1.165, 1.54) is 38.1 Å². The number of anilines is 2. The van der Waals surface area contributed by atoms with Crippen molar-refractivity contribution in [1.29, 1.82) is 0 Å². The summed E-state index contributed by atoms with van der Waals surface area (Å²) in [5, 5.41) is 5.52. The lowest BCUT2D eigenvalue weighted by Gasteiger charge is -2.11. The van der Waals surface area contributed by atoms with Crippen LogP contribution in [0.4, 0.5) is 11.4 Å². The van der Waals surface area contributed by atoms with Gasteiger partial charge in [-0.1, -0.05) is 6.92 Å². The van der Waals surface area contributed by atoms with Crippen molar-refractivity contribution in [3.63, 3.8) is 0 Å². The van der Waals surface area contributed by atoms with Gasteiger partial charge in [0, 0.05) is 46.9 Å². The molecule has 2 N–H and O–H groups in total. The van der Waals surface area contributed by atoms with E-state index >= 15 is 0 Å². The number of amides is 2. The summed E-state index contributed by atoms with van der Waals surface area (Å²) in [6.07, 6.45) is 0.133. The van der Waals surface area contributed by atoms with Gasteiger partial charge in [-0.25, -0.2) is 8.42 Å². The first-order chi connectivity index (χ1) is 14.7. The van der Waals surface area contributed by atoms with E-state index in [2.05, 4.69) is 10.6 Å². The monoisotopic (exact) mass is 464 g/mol. The first-order valence-electron chi connectivity index (χ1n) is 9.56. The fraction of sp³-hybridized carbons (Fsp3) is 0.333. The van der Waals surface area contributed by atoms with Gasteiger partial charge in [0.25, 0.3) is 0 Å². The molecule has 0 unspecified atom stereocenters. The SMILES string of the molecule is COc1cc(NC(=O)CCS(=O)(=O)c2ccc3c(c2)NC(=O)C[C@@H](C)S3)cc(OC)c1. The number of thioether (sulfide) groups is 1. The summed E-state index contributed by atoms with van der Waals surface area (Å²) in [5.74, 6) is 0.0339. The van der Waals surface area contributed by atoms with E-state index in [1.54, 1.807) is 24.3 Å². The molecule has 1 atom stereocenters. The van der Waals surface area contributed by atoms with Crippen LogP contribution in [0.3, 0.4) is 0 Å². The van der Waals surface area contributed by atoms with E-state index in [0.29, 0.717) is 29.3 Å². The van der Waals surface area contributed by atoms with Crippen LogP contribution < -0.4 is 20.1 Å². The molecule has 1 heterocycles. The third-order valence-electron chi connectivity index (χ3n) is 4.62. The molecule has 3 rings (SSSR count). The van der Waals surface area contributed by atoms with Gasteiger partial charge in [-0.2, -0.15) is 0 Å². The number of hydrogen-bond donors (Lipinski definition) is 2. The van der Waals surface area contributed by atoms with E-state index in [4.69, 9.17) is 9.47 Å². The molecule has 2 amide bonds. The van der Waals surface area contributed by atoms with Crippen LogP contribution in [0.5, 0.6) is 11.5 Å². The Kier molecular flexibility index (Phi) is 7.11. The van der Waals surface area contributed by atoms with Crippen LogP contribution in [-0.2, 0) is 19.4 Å². The first kappa shape index (κ1) is 23.0. The Morgan fingerprint density at radius 3 is 2.48 bits per heavy atom. The predicted octanol–water partition coefficient (Wildman–Crippen LogP) is 3.33. The standard InChI is InChI=1S/C21H24N2O6S2/c1-13-8-21(25)23-18-12-17(4-5-19(18)30-13)31(26,27)7-6-20(24)22-14-9-15(28-2)11-16(10-14)29-3/h4-5,9-13H,6-8H2,1-3H3,(H,22,24)(H,23,25)/t13-/m1/s1. The second-order valence-corrected chi connectivity index (χ2v) is 10.6. The lowest BCUT2D eigenvalue weighted by atomic mass is 10.2. The first-order valence-corrected chi connectivity index (χ1v) is 12.1. The topological polar surface area (TPSA) is 111 Å². The van der Waals surface area contributed by atoms with E-state index in [0.717, 1.165) is 4.90 Å². The van der Waals surface area contributed by atoms with Crippen LogP contribution >= 0.6 is 11.8 Å². The third kappa shape index (κ3) is 5.92. The normalized spacial score (nSPS) is 16.0. The van der Waals surface area contributed by atoms with Gasteiger partial charge in [0.2, 0.25) is 11.8 Å². The molecule has 0 saturated heterocycles. The zero-order valence-electron chi connectivity index (χ0n) is 17.4. The molecule has 1 aliphatic rings. The number of ether oxygens (including phenoxy) is 2.